The first-order chi connectivity index (χ1) is 19.1. The average Bonchev–Trinajstić information content (AvgIpc) is 3.49. The lowest BCUT2D eigenvalue weighted by Crippen LogP contribution is -2.40. The third-order valence-corrected chi connectivity index (χ3v) is 8.09. The molecule has 0 N–H and O–H groups in total. The van der Waals surface area contributed by atoms with E-state index in [9.17, 15) is 19.7 Å². The number of esters is 1. The number of hydrogen-bond acceptors (Lipinski definition) is 8. The number of aryl methyl sites for hydroxylation is 1. The zero-order valence-electron chi connectivity index (χ0n) is 21.4. The molecule has 5 rings (SSSR count). The van der Waals surface area contributed by atoms with Gasteiger partial charge in [-0.3, -0.25) is 19.5 Å². The Hall–Kier alpha value is -3.99. The van der Waals surface area contributed by atoms with Gasteiger partial charge in [-0.1, -0.05) is 46.7 Å². The van der Waals surface area contributed by atoms with E-state index in [2.05, 4.69) is 4.99 Å². The first-order valence-corrected chi connectivity index (χ1v) is 13.7. The van der Waals surface area contributed by atoms with Crippen LogP contribution in [0.4, 0.5) is 5.69 Å². The van der Waals surface area contributed by atoms with Gasteiger partial charge in [0.2, 0.25) is 0 Å². The number of carbonyl (C=O) groups excluding carboxylic acids is 1. The molecule has 4 aromatic rings. The predicted octanol–water partition coefficient (Wildman–Crippen LogP) is 5.58. The number of halogens is 2. The minimum atomic E-state index is -0.972. The second-order valence-corrected chi connectivity index (χ2v) is 10.8. The molecular weight excluding hydrogens is 577 g/mol. The highest BCUT2D eigenvalue weighted by molar-refractivity contribution is 7.07. The summed E-state index contributed by atoms with van der Waals surface area (Å²) in [6.45, 7) is 5.05. The van der Waals surface area contributed by atoms with Gasteiger partial charge < -0.3 is 9.15 Å². The number of nitrogens with zero attached hydrogens (tertiary/aromatic N) is 3. The van der Waals surface area contributed by atoms with Gasteiger partial charge in [-0.25, -0.2) is 9.79 Å². The highest BCUT2D eigenvalue weighted by Gasteiger charge is 2.34. The molecule has 2 aromatic heterocycles. The van der Waals surface area contributed by atoms with E-state index in [1.165, 1.54) is 10.6 Å². The summed E-state index contributed by atoms with van der Waals surface area (Å²) in [7, 11) is 0. The minimum absolute atomic E-state index is 0.112. The number of nitro benzene ring substituents is 1. The fourth-order valence-corrected chi connectivity index (χ4v) is 5.79. The summed E-state index contributed by atoms with van der Waals surface area (Å²) in [4.78, 5) is 42.9. The van der Waals surface area contributed by atoms with Crippen LogP contribution in [-0.4, -0.2) is 22.1 Å². The highest BCUT2D eigenvalue weighted by Crippen LogP contribution is 2.34. The fraction of sp³-hybridized carbons (Fsp3) is 0.179. The van der Waals surface area contributed by atoms with E-state index >= 15 is 0 Å². The molecule has 0 bridgehead atoms. The first kappa shape index (κ1) is 27.6. The van der Waals surface area contributed by atoms with Gasteiger partial charge in [-0.15, -0.1) is 0 Å². The maximum atomic E-state index is 13.8. The number of fused-ring (bicyclic) bond motifs is 1. The van der Waals surface area contributed by atoms with E-state index in [0.717, 1.165) is 11.3 Å². The van der Waals surface area contributed by atoms with Crippen molar-refractivity contribution in [2.45, 2.75) is 26.8 Å². The van der Waals surface area contributed by atoms with E-state index in [1.54, 1.807) is 69.3 Å². The maximum Gasteiger partial charge on any atom is 0.338 e. The molecule has 12 heteroatoms. The topological polar surface area (TPSA) is 117 Å². The zero-order chi connectivity index (χ0) is 28.7. The van der Waals surface area contributed by atoms with Crippen LogP contribution in [-0.2, 0) is 9.53 Å². The average molecular weight is 598 g/mol. The number of thiazole rings is 1. The molecule has 2 aromatic carbocycles. The molecule has 0 amide bonds. The smallest absolute Gasteiger partial charge is 0.338 e. The van der Waals surface area contributed by atoms with E-state index < -0.39 is 22.5 Å². The van der Waals surface area contributed by atoms with Crippen LogP contribution >= 0.6 is 34.5 Å². The molecule has 204 valence electrons. The Morgan fingerprint density at radius 2 is 1.95 bits per heavy atom. The van der Waals surface area contributed by atoms with Crippen molar-refractivity contribution in [2.24, 2.45) is 4.99 Å². The maximum absolute atomic E-state index is 13.8. The zero-order valence-corrected chi connectivity index (χ0v) is 23.8. The van der Waals surface area contributed by atoms with Crippen LogP contribution < -0.4 is 14.9 Å². The number of ether oxygens (including phenoxy) is 1. The van der Waals surface area contributed by atoms with Crippen molar-refractivity contribution >= 4 is 52.3 Å². The van der Waals surface area contributed by atoms with E-state index in [0.29, 0.717) is 53.3 Å². The van der Waals surface area contributed by atoms with Gasteiger partial charge in [-0.2, -0.15) is 0 Å². The molecule has 1 aliphatic heterocycles. The predicted molar refractivity (Wildman–Crippen MR) is 152 cm³/mol. The summed E-state index contributed by atoms with van der Waals surface area (Å²) in [5, 5.41) is 12.5. The lowest BCUT2D eigenvalue weighted by Gasteiger charge is -2.24. The van der Waals surface area contributed by atoms with Crippen LogP contribution in [0.5, 0.6) is 0 Å². The summed E-state index contributed by atoms with van der Waals surface area (Å²) in [6, 6.07) is 12.2. The number of benzene rings is 2. The molecule has 0 saturated carbocycles. The van der Waals surface area contributed by atoms with Gasteiger partial charge >= 0.3 is 5.97 Å². The third-order valence-electron chi connectivity index (χ3n) is 6.37. The Morgan fingerprint density at radius 1 is 1.18 bits per heavy atom. The van der Waals surface area contributed by atoms with Crippen molar-refractivity contribution in [1.82, 2.24) is 4.57 Å². The Bertz CT molecular complexity index is 1900. The number of allylic oxidation sites excluding steroid dienone is 1. The molecule has 1 atom stereocenters. The lowest BCUT2D eigenvalue weighted by molar-refractivity contribution is -0.385. The van der Waals surface area contributed by atoms with E-state index in [4.69, 9.17) is 32.4 Å². The molecular formula is C28H21Cl2N3O6S. The number of rotatable bonds is 6. The Balaban J connectivity index is 1.66. The normalized spacial score (nSPS) is 15.1. The molecule has 40 heavy (non-hydrogen) atoms. The van der Waals surface area contributed by atoms with Crippen molar-refractivity contribution in [3.05, 3.63) is 117 Å². The van der Waals surface area contributed by atoms with Gasteiger partial charge in [0.1, 0.15) is 11.5 Å². The molecule has 0 aliphatic carbocycles. The lowest BCUT2D eigenvalue weighted by atomic mass is 9.94. The largest absolute Gasteiger partial charge is 0.463 e. The second kappa shape index (κ2) is 10.9. The Kier molecular flexibility index (Phi) is 7.50. The number of carbonyl (C=O) groups is 1. The van der Waals surface area contributed by atoms with Crippen molar-refractivity contribution in [3.8, 4) is 11.3 Å². The molecule has 9 nitrogen and oxygen atoms in total. The minimum Gasteiger partial charge on any atom is -0.463 e. The van der Waals surface area contributed by atoms with E-state index in [1.807, 2.05) is 0 Å². The SMILES string of the molecule is CCOC(=O)C1=C(C)N=c2s/c(=C/c3ccc(-c4ccc(Cl)c(Cl)c4)o3)c(=O)n2[C@@H]1c1ccc(C)c([N+](=O)[O-])c1. The molecule has 0 spiro atoms. The molecule has 0 unspecified atom stereocenters. The molecule has 3 heterocycles. The second-order valence-electron chi connectivity index (χ2n) is 8.94. The van der Waals surface area contributed by atoms with Gasteiger partial charge in [-0.05, 0) is 56.7 Å². The standard InChI is InChI=1S/C28H21Cl2N3O6S/c1-4-38-27(35)24-15(3)31-28-32(25(24)17-6-5-14(2)21(12-17)33(36)37)26(34)23(40-28)13-18-8-10-22(39-18)16-7-9-19(29)20(30)11-16/h5-13,25H,4H2,1-3H3/b23-13+/t25-/m1/s1. The van der Waals surface area contributed by atoms with Crippen LogP contribution in [0.1, 0.15) is 36.8 Å². The third kappa shape index (κ3) is 5.01. The van der Waals surface area contributed by atoms with Crippen LogP contribution in [0.3, 0.4) is 0 Å². The summed E-state index contributed by atoms with van der Waals surface area (Å²) >= 11 is 13.3. The van der Waals surface area contributed by atoms with Crippen LogP contribution in [0, 0.1) is 17.0 Å². The summed E-state index contributed by atoms with van der Waals surface area (Å²) in [5.41, 5.74) is 1.50. The van der Waals surface area contributed by atoms with Crippen LogP contribution in [0.2, 0.25) is 10.0 Å². The van der Waals surface area contributed by atoms with Crippen LogP contribution in [0.15, 0.2) is 74.0 Å². The van der Waals surface area contributed by atoms with Gasteiger partial charge in [0.15, 0.2) is 4.80 Å². The first-order valence-electron chi connectivity index (χ1n) is 12.1. The van der Waals surface area contributed by atoms with Crippen molar-refractivity contribution in [3.63, 3.8) is 0 Å². The summed E-state index contributed by atoms with van der Waals surface area (Å²) in [6.07, 6.45) is 1.59. The number of aromatic nitrogens is 1. The molecule has 0 radical (unpaired) electrons. The number of hydrogen-bond donors (Lipinski definition) is 0. The summed E-state index contributed by atoms with van der Waals surface area (Å²) < 4.78 is 12.9. The van der Waals surface area contributed by atoms with Gasteiger partial charge in [0.05, 0.1) is 43.4 Å². The number of furan rings is 1. The molecule has 1 aliphatic rings. The fourth-order valence-electron chi connectivity index (χ4n) is 4.46. The quantitative estimate of drug-likeness (QED) is 0.163. The number of nitro groups is 1. The Labute approximate surface area is 241 Å². The van der Waals surface area contributed by atoms with Gasteiger partial charge in [0, 0.05) is 23.3 Å². The van der Waals surface area contributed by atoms with Crippen molar-refractivity contribution in [2.75, 3.05) is 6.61 Å². The van der Waals surface area contributed by atoms with E-state index in [-0.39, 0.29) is 17.9 Å². The van der Waals surface area contributed by atoms with Crippen molar-refractivity contribution < 1.29 is 18.9 Å². The summed E-state index contributed by atoms with van der Waals surface area (Å²) in [5.74, 6) is 0.293. The van der Waals surface area contributed by atoms with Crippen LogP contribution in [0.25, 0.3) is 17.4 Å². The molecule has 0 saturated heterocycles. The Morgan fingerprint density at radius 3 is 2.65 bits per heavy atom. The monoisotopic (exact) mass is 597 g/mol. The van der Waals surface area contributed by atoms with Crippen molar-refractivity contribution in [1.29, 1.82) is 0 Å². The van der Waals surface area contributed by atoms with Gasteiger partial charge in [0.25, 0.3) is 11.2 Å². The highest BCUT2D eigenvalue weighted by atomic mass is 35.5. The molecule has 0 fully saturated rings.